The molecule has 0 aliphatic carbocycles. The van der Waals surface area contributed by atoms with Gasteiger partial charge in [0.1, 0.15) is 17.8 Å². The minimum atomic E-state index is 0.132. The van der Waals surface area contributed by atoms with E-state index in [1.807, 2.05) is 0 Å². The molecule has 1 heterocycles. The first-order valence-corrected chi connectivity index (χ1v) is 4.37. The monoisotopic (exact) mass is 200 g/mol. The summed E-state index contributed by atoms with van der Waals surface area (Å²) in [5.74, 6) is 0.132. The summed E-state index contributed by atoms with van der Waals surface area (Å²) in [6.45, 7) is 0. The number of aldehydes is 1. The minimum absolute atomic E-state index is 0.132. The SMILES string of the molecule is O=Cc1cc(-c2ccccc2O)ncn1. The number of hydrogen-bond acceptors (Lipinski definition) is 4. The highest BCUT2D eigenvalue weighted by Gasteiger charge is 2.05. The summed E-state index contributed by atoms with van der Waals surface area (Å²) in [5, 5.41) is 9.58. The largest absolute Gasteiger partial charge is 0.507 e. The van der Waals surface area contributed by atoms with Crippen molar-refractivity contribution in [3.63, 3.8) is 0 Å². The lowest BCUT2D eigenvalue weighted by Crippen LogP contribution is -1.91. The second-order valence-electron chi connectivity index (χ2n) is 2.96. The topological polar surface area (TPSA) is 63.1 Å². The molecule has 2 aromatic rings. The van der Waals surface area contributed by atoms with Gasteiger partial charge in [-0.3, -0.25) is 4.79 Å². The second-order valence-corrected chi connectivity index (χ2v) is 2.96. The third-order valence-electron chi connectivity index (χ3n) is 1.99. The molecule has 0 aliphatic rings. The van der Waals surface area contributed by atoms with Crippen LogP contribution in [0.15, 0.2) is 36.7 Å². The number of phenolic OH excluding ortho intramolecular Hbond substituents is 1. The van der Waals surface area contributed by atoms with Gasteiger partial charge in [0, 0.05) is 5.56 Å². The minimum Gasteiger partial charge on any atom is -0.507 e. The molecule has 0 fully saturated rings. The Balaban J connectivity index is 2.54. The molecule has 2 rings (SSSR count). The average Bonchev–Trinajstić information content (AvgIpc) is 2.30. The summed E-state index contributed by atoms with van der Waals surface area (Å²) in [5.41, 5.74) is 1.41. The highest BCUT2D eigenvalue weighted by Crippen LogP contribution is 2.26. The third kappa shape index (κ3) is 1.83. The van der Waals surface area contributed by atoms with E-state index in [-0.39, 0.29) is 5.75 Å². The van der Waals surface area contributed by atoms with E-state index >= 15 is 0 Å². The first kappa shape index (κ1) is 9.33. The third-order valence-corrected chi connectivity index (χ3v) is 1.99. The zero-order valence-corrected chi connectivity index (χ0v) is 7.79. The predicted octanol–water partition coefficient (Wildman–Crippen LogP) is 1.66. The molecule has 74 valence electrons. The first-order valence-electron chi connectivity index (χ1n) is 4.37. The van der Waals surface area contributed by atoms with Crippen LogP contribution in [0.25, 0.3) is 11.3 Å². The average molecular weight is 200 g/mol. The quantitative estimate of drug-likeness (QED) is 0.749. The van der Waals surface area contributed by atoms with Gasteiger partial charge in [-0.1, -0.05) is 12.1 Å². The maximum Gasteiger partial charge on any atom is 0.168 e. The van der Waals surface area contributed by atoms with E-state index in [1.54, 1.807) is 24.3 Å². The van der Waals surface area contributed by atoms with Crippen molar-refractivity contribution in [2.24, 2.45) is 0 Å². The number of nitrogens with zero attached hydrogens (tertiary/aromatic N) is 2. The van der Waals surface area contributed by atoms with Gasteiger partial charge in [0.05, 0.1) is 5.69 Å². The summed E-state index contributed by atoms with van der Waals surface area (Å²) < 4.78 is 0. The molecule has 0 radical (unpaired) electrons. The number of carbonyl (C=O) groups is 1. The summed E-state index contributed by atoms with van der Waals surface area (Å²) >= 11 is 0. The lowest BCUT2D eigenvalue weighted by Gasteiger charge is -2.02. The number of carbonyl (C=O) groups excluding carboxylic acids is 1. The number of rotatable bonds is 2. The van der Waals surface area contributed by atoms with Gasteiger partial charge in [-0.05, 0) is 18.2 Å². The lowest BCUT2D eigenvalue weighted by atomic mass is 10.1. The molecule has 0 spiro atoms. The molecule has 0 atom stereocenters. The van der Waals surface area contributed by atoms with Crippen LogP contribution in [0.2, 0.25) is 0 Å². The van der Waals surface area contributed by atoms with Gasteiger partial charge in [-0.15, -0.1) is 0 Å². The van der Waals surface area contributed by atoms with Gasteiger partial charge < -0.3 is 5.11 Å². The fraction of sp³-hybridized carbons (Fsp3) is 0. The van der Waals surface area contributed by atoms with Crippen molar-refractivity contribution < 1.29 is 9.90 Å². The fourth-order valence-electron chi connectivity index (χ4n) is 1.27. The normalized spacial score (nSPS) is 9.87. The van der Waals surface area contributed by atoms with Crippen molar-refractivity contribution in [2.75, 3.05) is 0 Å². The van der Waals surface area contributed by atoms with Gasteiger partial charge >= 0.3 is 0 Å². The van der Waals surface area contributed by atoms with Crippen molar-refractivity contribution in [2.45, 2.75) is 0 Å². The van der Waals surface area contributed by atoms with E-state index in [0.717, 1.165) is 0 Å². The van der Waals surface area contributed by atoms with Crippen LogP contribution in [0, 0.1) is 0 Å². The van der Waals surface area contributed by atoms with Crippen molar-refractivity contribution in [1.82, 2.24) is 9.97 Å². The van der Waals surface area contributed by atoms with Crippen LogP contribution in [0.1, 0.15) is 10.5 Å². The van der Waals surface area contributed by atoms with E-state index in [2.05, 4.69) is 9.97 Å². The summed E-state index contributed by atoms with van der Waals surface area (Å²) in [6, 6.07) is 8.34. The molecule has 0 aliphatic heterocycles. The number of aromatic nitrogens is 2. The van der Waals surface area contributed by atoms with E-state index in [9.17, 15) is 9.90 Å². The lowest BCUT2D eigenvalue weighted by molar-refractivity contribution is 0.111. The van der Waals surface area contributed by atoms with E-state index in [1.165, 1.54) is 12.4 Å². The molecule has 4 nitrogen and oxygen atoms in total. The van der Waals surface area contributed by atoms with E-state index < -0.39 is 0 Å². The van der Waals surface area contributed by atoms with Crippen LogP contribution >= 0.6 is 0 Å². The zero-order valence-electron chi connectivity index (χ0n) is 7.79. The number of hydrogen-bond donors (Lipinski definition) is 1. The van der Waals surface area contributed by atoms with Crippen LogP contribution in [0.4, 0.5) is 0 Å². The second kappa shape index (κ2) is 3.88. The molecule has 0 amide bonds. The molecule has 1 aromatic carbocycles. The molecule has 0 saturated carbocycles. The van der Waals surface area contributed by atoms with Crippen molar-refractivity contribution in [3.8, 4) is 17.0 Å². The first-order chi connectivity index (χ1) is 7.31. The van der Waals surface area contributed by atoms with Crippen LogP contribution in [-0.2, 0) is 0 Å². The molecule has 0 saturated heterocycles. The van der Waals surface area contributed by atoms with Crippen molar-refractivity contribution in [3.05, 3.63) is 42.4 Å². The number of benzene rings is 1. The molecular weight excluding hydrogens is 192 g/mol. The molecule has 0 bridgehead atoms. The summed E-state index contributed by atoms with van der Waals surface area (Å²) in [4.78, 5) is 18.3. The van der Waals surface area contributed by atoms with Gasteiger partial charge in [0.2, 0.25) is 0 Å². The van der Waals surface area contributed by atoms with E-state index in [0.29, 0.717) is 23.2 Å². The molecule has 0 unspecified atom stereocenters. The van der Waals surface area contributed by atoms with Crippen molar-refractivity contribution in [1.29, 1.82) is 0 Å². The Bertz CT molecular complexity index is 497. The maximum absolute atomic E-state index is 10.5. The summed E-state index contributed by atoms with van der Waals surface area (Å²) in [6.07, 6.45) is 1.94. The fourth-order valence-corrected chi connectivity index (χ4v) is 1.27. The highest BCUT2D eigenvalue weighted by molar-refractivity contribution is 5.76. The molecule has 1 aromatic heterocycles. The van der Waals surface area contributed by atoms with Crippen LogP contribution in [0.5, 0.6) is 5.75 Å². The Morgan fingerprint density at radius 3 is 2.73 bits per heavy atom. The molecular formula is C11H8N2O2. The Morgan fingerprint density at radius 1 is 1.20 bits per heavy atom. The zero-order chi connectivity index (χ0) is 10.7. The Morgan fingerprint density at radius 2 is 2.00 bits per heavy atom. The Labute approximate surface area is 86.2 Å². The van der Waals surface area contributed by atoms with Crippen LogP contribution in [-0.4, -0.2) is 21.4 Å². The number of aromatic hydroxyl groups is 1. The molecule has 15 heavy (non-hydrogen) atoms. The maximum atomic E-state index is 10.5. The van der Waals surface area contributed by atoms with Gasteiger partial charge in [-0.25, -0.2) is 9.97 Å². The van der Waals surface area contributed by atoms with Crippen molar-refractivity contribution >= 4 is 6.29 Å². The van der Waals surface area contributed by atoms with Gasteiger partial charge in [0.15, 0.2) is 6.29 Å². The predicted molar refractivity (Wildman–Crippen MR) is 54.5 cm³/mol. The van der Waals surface area contributed by atoms with Crippen LogP contribution < -0.4 is 0 Å². The highest BCUT2D eigenvalue weighted by atomic mass is 16.3. The molecule has 4 heteroatoms. The number of phenols is 1. The van der Waals surface area contributed by atoms with Gasteiger partial charge in [0.25, 0.3) is 0 Å². The van der Waals surface area contributed by atoms with E-state index in [4.69, 9.17) is 0 Å². The standard InChI is InChI=1S/C11H8N2O2/c14-6-8-5-10(13-7-12-8)9-3-1-2-4-11(9)15/h1-7,15H. The summed E-state index contributed by atoms with van der Waals surface area (Å²) in [7, 11) is 0. The molecule has 1 N–H and O–H groups in total. The number of para-hydroxylation sites is 1. The Kier molecular flexibility index (Phi) is 2.41. The van der Waals surface area contributed by atoms with Crippen LogP contribution in [0.3, 0.4) is 0 Å². The Hall–Kier alpha value is -2.23. The van der Waals surface area contributed by atoms with Gasteiger partial charge in [-0.2, -0.15) is 0 Å². The smallest absolute Gasteiger partial charge is 0.168 e.